The lowest BCUT2D eigenvalue weighted by molar-refractivity contribution is -0.0745. The van der Waals surface area contributed by atoms with E-state index in [-0.39, 0.29) is 17.6 Å². The van der Waals surface area contributed by atoms with Gasteiger partial charge in [0.2, 0.25) is 0 Å². The van der Waals surface area contributed by atoms with Crippen molar-refractivity contribution in [2.24, 2.45) is 29.1 Å². The van der Waals surface area contributed by atoms with Crippen LogP contribution in [0.25, 0.3) is 0 Å². The maximum absolute atomic E-state index is 11.2. The number of rotatable bonds is 12. The summed E-state index contributed by atoms with van der Waals surface area (Å²) in [6.07, 6.45) is 12.5. The molecule has 0 aromatic heterocycles. The molecular formula is C24H48O2. The number of aliphatic hydroxyl groups excluding tert-OH is 2. The van der Waals surface area contributed by atoms with Gasteiger partial charge in [0.05, 0.1) is 12.2 Å². The highest BCUT2D eigenvalue weighted by atomic mass is 16.3. The van der Waals surface area contributed by atoms with Crippen molar-refractivity contribution < 1.29 is 10.2 Å². The van der Waals surface area contributed by atoms with Crippen LogP contribution in [0.2, 0.25) is 0 Å². The average Bonchev–Trinajstić information content (AvgIpc) is 2.60. The summed E-state index contributed by atoms with van der Waals surface area (Å²) >= 11 is 0. The van der Waals surface area contributed by atoms with E-state index in [9.17, 15) is 10.2 Å². The van der Waals surface area contributed by atoms with Gasteiger partial charge in [-0.2, -0.15) is 0 Å². The average molecular weight is 369 g/mol. The molecule has 156 valence electrons. The largest absolute Gasteiger partial charge is 0.393 e. The molecule has 0 amide bonds. The fourth-order valence-electron chi connectivity index (χ4n) is 5.37. The van der Waals surface area contributed by atoms with Crippen molar-refractivity contribution in [3.05, 3.63) is 0 Å². The third-order valence-electron chi connectivity index (χ3n) is 7.42. The second-order valence-corrected chi connectivity index (χ2v) is 9.92. The first-order valence-corrected chi connectivity index (χ1v) is 11.6. The van der Waals surface area contributed by atoms with Crippen LogP contribution in [0.15, 0.2) is 0 Å². The Bertz CT molecular complexity index is 365. The predicted octanol–water partition coefficient (Wildman–Crippen LogP) is 6.58. The first-order valence-electron chi connectivity index (χ1n) is 11.6. The molecule has 1 rings (SSSR count). The van der Waals surface area contributed by atoms with Gasteiger partial charge in [0, 0.05) is 0 Å². The third kappa shape index (κ3) is 7.15. The number of hydrogen-bond acceptors (Lipinski definition) is 2. The Morgan fingerprint density at radius 3 is 2.23 bits per heavy atom. The van der Waals surface area contributed by atoms with Gasteiger partial charge in [-0.25, -0.2) is 0 Å². The molecule has 0 saturated heterocycles. The molecule has 6 unspecified atom stereocenters. The molecule has 6 atom stereocenters. The van der Waals surface area contributed by atoms with Crippen LogP contribution in [-0.4, -0.2) is 22.4 Å². The van der Waals surface area contributed by atoms with Crippen LogP contribution in [0.5, 0.6) is 0 Å². The van der Waals surface area contributed by atoms with Crippen molar-refractivity contribution in [1.82, 2.24) is 0 Å². The number of hydrogen-bond donors (Lipinski definition) is 2. The lowest BCUT2D eigenvalue weighted by Gasteiger charge is -2.48. The Hall–Kier alpha value is -0.0800. The monoisotopic (exact) mass is 368 g/mol. The normalized spacial score (nSPS) is 29.5. The van der Waals surface area contributed by atoms with E-state index in [0.717, 1.165) is 25.2 Å². The van der Waals surface area contributed by atoms with Gasteiger partial charge in [-0.1, -0.05) is 80.1 Å². The predicted molar refractivity (Wildman–Crippen MR) is 113 cm³/mol. The molecule has 2 heteroatoms. The van der Waals surface area contributed by atoms with Crippen molar-refractivity contribution in [1.29, 1.82) is 0 Å². The molecule has 0 aromatic rings. The van der Waals surface area contributed by atoms with Gasteiger partial charge < -0.3 is 10.2 Å². The van der Waals surface area contributed by atoms with Gasteiger partial charge in [-0.05, 0) is 61.2 Å². The summed E-state index contributed by atoms with van der Waals surface area (Å²) < 4.78 is 0. The van der Waals surface area contributed by atoms with Gasteiger partial charge in [0.15, 0.2) is 0 Å². The molecule has 2 N–H and O–H groups in total. The Morgan fingerprint density at radius 2 is 1.65 bits per heavy atom. The highest BCUT2D eigenvalue weighted by Gasteiger charge is 2.44. The van der Waals surface area contributed by atoms with Gasteiger partial charge in [-0.3, -0.25) is 0 Å². The first-order chi connectivity index (χ1) is 12.3. The van der Waals surface area contributed by atoms with E-state index in [2.05, 4.69) is 41.5 Å². The van der Waals surface area contributed by atoms with Gasteiger partial charge in [0.25, 0.3) is 0 Å². The lowest BCUT2D eigenvalue weighted by atomic mass is 9.59. The standard InChI is InChI=1S/C24H48O2/c1-7-15-24(5,6)22-17-19(8-2)16-21(23(22)26)18(4)13-11-10-12-14-20(25)9-3/h18-23,25-26H,7-17H2,1-6H3. The van der Waals surface area contributed by atoms with E-state index >= 15 is 0 Å². The van der Waals surface area contributed by atoms with Crippen LogP contribution in [0.3, 0.4) is 0 Å². The molecule has 0 spiro atoms. The Morgan fingerprint density at radius 1 is 1.00 bits per heavy atom. The zero-order chi connectivity index (χ0) is 19.7. The summed E-state index contributed by atoms with van der Waals surface area (Å²) in [6, 6.07) is 0. The van der Waals surface area contributed by atoms with Crippen molar-refractivity contribution in [3.63, 3.8) is 0 Å². The second-order valence-electron chi connectivity index (χ2n) is 9.92. The summed E-state index contributed by atoms with van der Waals surface area (Å²) in [7, 11) is 0. The molecule has 26 heavy (non-hydrogen) atoms. The van der Waals surface area contributed by atoms with Crippen molar-refractivity contribution >= 4 is 0 Å². The van der Waals surface area contributed by atoms with E-state index in [4.69, 9.17) is 0 Å². The second kappa shape index (κ2) is 11.7. The third-order valence-corrected chi connectivity index (χ3v) is 7.42. The van der Waals surface area contributed by atoms with Gasteiger partial charge in [0.1, 0.15) is 0 Å². The van der Waals surface area contributed by atoms with Crippen LogP contribution >= 0.6 is 0 Å². The zero-order valence-electron chi connectivity index (χ0n) is 18.6. The molecule has 0 heterocycles. The summed E-state index contributed by atoms with van der Waals surface area (Å²) in [6.45, 7) is 13.8. The molecule has 1 fully saturated rings. The Balaban J connectivity index is 2.59. The van der Waals surface area contributed by atoms with E-state index in [1.165, 1.54) is 51.4 Å². The molecule has 1 saturated carbocycles. The van der Waals surface area contributed by atoms with Crippen LogP contribution in [-0.2, 0) is 0 Å². The summed E-state index contributed by atoms with van der Waals surface area (Å²) in [5.74, 6) is 2.31. The lowest BCUT2D eigenvalue weighted by Crippen LogP contribution is -2.46. The minimum absolute atomic E-state index is 0.112. The SMILES string of the molecule is CCCC(C)(C)C1CC(CC)CC(C(C)CCCCCC(O)CC)C1O. The van der Waals surface area contributed by atoms with Crippen LogP contribution in [0.1, 0.15) is 112 Å². The molecule has 2 nitrogen and oxygen atoms in total. The highest BCUT2D eigenvalue weighted by Crippen LogP contribution is 2.48. The smallest absolute Gasteiger partial charge is 0.0604 e. The summed E-state index contributed by atoms with van der Waals surface area (Å²) in [4.78, 5) is 0. The molecular weight excluding hydrogens is 320 g/mol. The molecule has 0 aliphatic heterocycles. The summed E-state index contributed by atoms with van der Waals surface area (Å²) in [5.41, 5.74) is 0.246. The van der Waals surface area contributed by atoms with E-state index in [1.54, 1.807) is 0 Å². The minimum Gasteiger partial charge on any atom is -0.393 e. The highest BCUT2D eigenvalue weighted by molar-refractivity contribution is 4.94. The zero-order valence-corrected chi connectivity index (χ0v) is 18.6. The fourth-order valence-corrected chi connectivity index (χ4v) is 5.37. The first kappa shape index (κ1) is 24.0. The van der Waals surface area contributed by atoms with E-state index in [0.29, 0.717) is 17.8 Å². The van der Waals surface area contributed by atoms with Crippen LogP contribution < -0.4 is 0 Å². The van der Waals surface area contributed by atoms with Crippen molar-refractivity contribution in [2.75, 3.05) is 0 Å². The minimum atomic E-state index is -0.128. The maximum Gasteiger partial charge on any atom is 0.0604 e. The quantitative estimate of drug-likeness (QED) is 0.382. The molecule has 0 bridgehead atoms. The van der Waals surface area contributed by atoms with Crippen LogP contribution in [0, 0.1) is 29.1 Å². The van der Waals surface area contributed by atoms with Crippen molar-refractivity contribution in [2.45, 2.75) is 124 Å². The van der Waals surface area contributed by atoms with Gasteiger partial charge in [-0.15, -0.1) is 0 Å². The van der Waals surface area contributed by atoms with E-state index < -0.39 is 0 Å². The number of aliphatic hydroxyl groups is 2. The van der Waals surface area contributed by atoms with Crippen LogP contribution in [0.4, 0.5) is 0 Å². The maximum atomic E-state index is 11.2. The summed E-state index contributed by atoms with van der Waals surface area (Å²) in [5, 5.41) is 20.9. The Labute approximate surface area is 164 Å². The number of unbranched alkanes of at least 4 members (excludes halogenated alkanes) is 2. The van der Waals surface area contributed by atoms with E-state index in [1.807, 2.05) is 0 Å². The molecule has 1 aliphatic rings. The van der Waals surface area contributed by atoms with Crippen molar-refractivity contribution in [3.8, 4) is 0 Å². The topological polar surface area (TPSA) is 40.5 Å². The van der Waals surface area contributed by atoms with Gasteiger partial charge >= 0.3 is 0 Å². The Kier molecular flexibility index (Phi) is 10.8. The molecule has 1 aliphatic carbocycles. The molecule has 0 radical (unpaired) electrons. The fraction of sp³-hybridized carbons (Fsp3) is 1.00. The molecule has 0 aromatic carbocycles.